The van der Waals surface area contributed by atoms with E-state index in [1.807, 2.05) is 0 Å². The summed E-state index contributed by atoms with van der Waals surface area (Å²) in [4.78, 5) is 37.9. The van der Waals surface area contributed by atoms with Crippen LogP contribution in [0.4, 0.5) is 0 Å². The second-order valence-corrected chi connectivity index (χ2v) is 4.77. The fourth-order valence-electron chi connectivity index (χ4n) is 0.598. The standard InChI is InChI=1S/C5H9O7P.3Na.3H/c1-5(4(8)9,2-3(6)7)13(10,11)12;;;;;;/h2H2,1H3,(H,6,7)(H,8,9)(H2,10,11,12);;;;;;. The van der Waals surface area contributed by atoms with E-state index < -0.39 is 31.1 Å². The third kappa shape index (κ3) is 7.51. The van der Waals surface area contributed by atoms with Gasteiger partial charge in [-0.05, 0) is 6.92 Å². The quantitative estimate of drug-likeness (QED) is 0.332. The third-order valence-corrected chi connectivity index (χ3v) is 3.23. The van der Waals surface area contributed by atoms with Crippen molar-refractivity contribution < 1.29 is 34.2 Å². The number of carbonyl (C=O) groups is 2. The number of aliphatic carboxylic acids is 2. The van der Waals surface area contributed by atoms with Crippen molar-refractivity contribution in [2.24, 2.45) is 0 Å². The Bertz CT molecular complexity index is 290. The van der Waals surface area contributed by atoms with E-state index in [0.717, 1.165) is 0 Å². The van der Waals surface area contributed by atoms with Crippen LogP contribution in [0.5, 0.6) is 0 Å². The Morgan fingerprint density at radius 2 is 1.44 bits per heavy atom. The predicted octanol–water partition coefficient (Wildman–Crippen LogP) is -2.46. The van der Waals surface area contributed by atoms with Gasteiger partial charge in [-0.3, -0.25) is 14.2 Å². The Morgan fingerprint density at radius 3 is 1.50 bits per heavy atom. The van der Waals surface area contributed by atoms with E-state index in [0.29, 0.717) is 6.92 Å². The first kappa shape index (κ1) is 26.6. The number of hydrogen-bond acceptors (Lipinski definition) is 3. The zero-order chi connectivity index (χ0) is 10.9. The van der Waals surface area contributed by atoms with E-state index in [9.17, 15) is 14.2 Å². The summed E-state index contributed by atoms with van der Waals surface area (Å²) >= 11 is 0. The SMILES string of the molecule is CC(CC(=O)O)(C(=O)O)P(=O)(O)O.[NaH].[NaH].[NaH]. The van der Waals surface area contributed by atoms with E-state index in [1.165, 1.54) is 0 Å². The van der Waals surface area contributed by atoms with Gasteiger partial charge in [0, 0.05) is 0 Å². The third-order valence-electron chi connectivity index (χ3n) is 1.60. The van der Waals surface area contributed by atoms with Crippen LogP contribution >= 0.6 is 7.60 Å². The maximum absolute atomic E-state index is 10.7. The molecule has 0 aliphatic heterocycles. The zero-order valence-electron chi connectivity index (χ0n) is 6.67. The molecule has 0 radical (unpaired) electrons. The van der Waals surface area contributed by atoms with Gasteiger partial charge < -0.3 is 20.0 Å². The summed E-state index contributed by atoms with van der Waals surface area (Å²) in [6.45, 7) is 0.699. The maximum atomic E-state index is 10.7. The molecule has 0 saturated carbocycles. The van der Waals surface area contributed by atoms with Gasteiger partial charge in [0.15, 0.2) is 5.16 Å². The van der Waals surface area contributed by atoms with Gasteiger partial charge in [0.25, 0.3) is 0 Å². The topological polar surface area (TPSA) is 132 Å². The summed E-state index contributed by atoms with van der Waals surface area (Å²) < 4.78 is 10.7. The van der Waals surface area contributed by atoms with Gasteiger partial charge in [0.1, 0.15) is 0 Å². The predicted molar refractivity (Wildman–Crippen MR) is 61.8 cm³/mol. The first-order valence-electron chi connectivity index (χ1n) is 3.12. The summed E-state index contributed by atoms with van der Waals surface area (Å²) in [6, 6.07) is 0. The number of carboxylic acids is 2. The normalized spacial score (nSPS) is 13.2. The van der Waals surface area contributed by atoms with Crippen LogP contribution < -0.4 is 0 Å². The Kier molecular flexibility index (Phi) is 16.5. The molecule has 11 heteroatoms. The molecule has 7 nitrogen and oxygen atoms in total. The van der Waals surface area contributed by atoms with Crippen molar-refractivity contribution in [3.63, 3.8) is 0 Å². The van der Waals surface area contributed by atoms with Gasteiger partial charge in [-0.15, -0.1) is 0 Å². The van der Waals surface area contributed by atoms with Gasteiger partial charge >= 0.3 is 108 Å². The van der Waals surface area contributed by atoms with Gasteiger partial charge in [0.2, 0.25) is 0 Å². The van der Waals surface area contributed by atoms with Crippen LogP contribution in [0.25, 0.3) is 0 Å². The molecule has 0 rings (SSSR count). The van der Waals surface area contributed by atoms with Crippen molar-refractivity contribution in [3.8, 4) is 0 Å². The van der Waals surface area contributed by atoms with Gasteiger partial charge in [-0.25, -0.2) is 0 Å². The molecule has 0 aliphatic rings. The molecule has 82 valence electrons. The van der Waals surface area contributed by atoms with E-state index in [1.54, 1.807) is 0 Å². The van der Waals surface area contributed by atoms with Crippen LogP contribution in [-0.2, 0) is 14.2 Å². The van der Waals surface area contributed by atoms with E-state index >= 15 is 0 Å². The molecule has 0 heterocycles. The Morgan fingerprint density at radius 1 is 1.12 bits per heavy atom. The van der Waals surface area contributed by atoms with Crippen LogP contribution in [0.3, 0.4) is 0 Å². The molecule has 0 aliphatic carbocycles. The van der Waals surface area contributed by atoms with Crippen molar-refractivity contribution in [1.82, 2.24) is 0 Å². The fourth-order valence-corrected chi connectivity index (χ4v) is 1.19. The minimum atomic E-state index is -4.98. The average Bonchev–Trinajstić information content (AvgIpc) is 1.82. The summed E-state index contributed by atoms with van der Waals surface area (Å²) in [7, 11) is -4.98. The number of rotatable bonds is 4. The van der Waals surface area contributed by atoms with E-state index in [-0.39, 0.29) is 88.7 Å². The molecule has 0 fully saturated rings. The minimum absolute atomic E-state index is 0. The molecule has 0 saturated heterocycles. The molecule has 0 aromatic rings. The first-order chi connectivity index (χ1) is 5.61. The summed E-state index contributed by atoms with van der Waals surface area (Å²) in [5, 5.41) is 14.2. The average molecular weight is 284 g/mol. The molecule has 1 unspecified atom stereocenters. The zero-order valence-corrected chi connectivity index (χ0v) is 7.56. The van der Waals surface area contributed by atoms with Gasteiger partial charge in [-0.1, -0.05) is 0 Å². The fraction of sp³-hybridized carbons (Fsp3) is 0.600. The summed E-state index contributed by atoms with van der Waals surface area (Å²) in [6.07, 6.45) is -1.12. The van der Waals surface area contributed by atoms with Gasteiger partial charge in [0.05, 0.1) is 6.42 Å². The first-order valence-corrected chi connectivity index (χ1v) is 4.73. The molecular weight excluding hydrogens is 272 g/mol. The van der Waals surface area contributed by atoms with Crippen LogP contribution in [0.2, 0.25) is 0 Å². The monoisotopic (exact) mass is 284 g/mol. The van der Waals surface area contributed by atoms with Crippen LogP contribution in [0.1, 0.15) is 13.3 Å². The molecule has 0 amide bonds. The van der Waals surface area contributed by atoms with E-state index in [4.69, 9.17) is 20.0 Å². The Labute approximate surface area is 158 Å². The van der Waals surface area contributed by atoms with Crippen molar-refractivity contribution >= 4 is 108 Å². The van der Waals surface area contributed by atoms with Crippen LogP contribution in [-0.4, -0.2) is 126 Å². The van der Waals surface area contributed by atoms with Crippen LogP contribution in [0.15, 0.2) is 0 Å². The van der Waals surface area contributed by atoms with Crippen molar-refractivity contribution in [2.45, 2.75) is 18.5 Å². The van der Waals surface area contributed by atoms with Crippen molar-refractivity contribution in [2.75, 3.05) is 0 Å². The van der Waals surface area contributed by atoms with Crippen molar-refractivity contribution in [1.29, 1.82) is 0 Å². The second-order valence-electron chi connectivity index (χ2n) is 2.69. The molecule has 0 bridgehead atoms. The summed E-state index contributed by atoms with van der Waals surface area (Å²) in [5.74, 6) is -3.41. The Balaban J connectivity index is -0.000000240. The molecule has 4 N–H and O–H groups in total. The molecule has 0 aromatic heterocycles. The molecule has 0 aromatic carbocycles. The second kappa shape index (κ2) is 9.95. The molecular formula is C5H12Na3O7P. The van der Waals surface area contributed by atoms with Crippen LogP contribution in [0, 0.1) is 0 Å². The molecule has 1 atom stereocenters. The number of hydrogen-bond donors (Lipinski definition) is 4. The van der Waals surface area contributed by atoms with E-state index in [2.05, 4.69) is 0 Å². The number of carboxylic acid groups (broad SMARTS) is 2. The summed E-state index contributed by atoms with van der Waals surface area (Å²) in [5.41, 5.74) is 0. The van der Waals surface area contributed by atoms with Crippen molar-refractivity contribution in [3.05, 3.63) is 0 Å². The molecule has 0 spiro atoms. The van der Waals surface area contributed by atoms with Gasteiger partial charge in [-0.2, -0.15) is 0 Å². The Hall–Kier alpha value is 2.09. The molecule has 16 heavy (non-hydrogen) atoms.